The molecule has 0 aliphatic rings. The lowest BCUT2D eigenvalue weighted by molar-refractivity contribution is -0.143. The predicted octanol–water partition coefficient (Wildman–Crippen LogP) is 1.81. The highest BCUT2D eigenvalue weighted by Gasteiger charge is 2.08. The smallest absolute Gasteiger partial charge is 0.331 e. The third-order valence-electron chi connectivity index (χ3n) is 2.46. The summed E-state index contributed by atoms with van der Waals surface area (Å²) < 4.78 is 4.73. The van der Waals surface area contributed by atoms with Crippen LogP contribution in [0.2, 0.25) is 0 Å². The Kier molecular flexibility index (Phi) is 7.77. The summed E-state index contributed by atoms with van der Waals surface area (Å²) in [4.78, 5) is 35.0. The van der Waals surface area contributed by atoms with Crippen molar-refractivity contribution in [3.8, 4) is 0 Å². The molecule has 0 unspecified atom stereocenters. The van der Waals surface area contributed by atoms with E-state index in [0.717, 1.165) is 10.5 Å². The van der Waals surface area contributed by atoms with E-state index < -0.39 is 24.5 Å². The minimum Gasteiger partial charge on any atom is -0.452 e. The Morgan fingerprint density at radius 2 is 1.91 bits per heavy atom. The molecule has 0 atom stereocenters. The zero-order valence-electron chi connectivity index (χ0n) is 12.4. The normalized spacial score (nSPS) is 10.3. The van der Waals surface area contributed by atoms with Crippen molar-refractivity contribution in [3.63, 3.8) is 0 Å². The average molecular weight is 322 g/mol. The number of hydrogen-bond donors (Lipinski definition) is 2. The first-order valence-electron chi connectivity index (χ1n) is 6.61. The predicted molar refractivity (Wildman–Crippen MR) is 85.4 cm³/mol. The number of thioether (sulfide) groups is 1. The number of hydrogen-bond acceptors (Lipinski definition) is 5. The fourth-order valence-corrected chi connectivity index (χ4v) is 1.84. The molecular formula is C15H18N2O4S. The number of carbonyl (C=O) groups is 3. The van der Waals surface area contributed by atoms with Crippen molar-refractivity contribution in [1.82, 2.24) is 10.6 Å². The van der Waals surface area contributed by atoms with Gasteiger partial charge >= 0.3 is 12.0 Å². The van der Waals surface area contributed by atoms with Gasteiger partial charge in [0.15, 0.2) is 6.61 Å². The van der Waals surface area contributed by atoms with Crippen molar-refractivity contribution in [2.24, 2.45) is 0 Å². The third kappa shape index (κ3) is 6.94. The monoisotopic (exact) mass is 322 g/mol. The Labute approximate surface area is 133 Å². The highest BCUT2D eigenvalue weighted by atomic mass is 32.2. The fraction of sp³-hybridized carbons (Fsp3) is 0.267. The zero-order chi connectivity index (χ0) is 16.4. The second kappa shape index (κ2) is 9.62. The van der Waals surface area contributed by atoms with Gasteiger partial charge in [-0.3, -0.25) is 10.1 Å². The standard InChI is InChI=1S/C15H18N2O4S/c1-3-16-15(20)17-13(18)10-21-14(19)9-6-11-4-7-12(22-2)8-5-11/h4-9H,3,10H2,1-2H3,(H2,16,17,18,20)/b9-6-. The number of esters is 1. The molecule has 0 saturated carbocycles. The van der Waals surface area contributed by atoms with Gasteiger partial charge in [0.05, 0.1) is 0 Å². The number of ether oxygens (including phenoxy) is 1. The second-order valence-electron chi connectivity index (χ2n) is 4.12. The Bertz CT molecular complexity index is 555. The number of imide groups is 1. The van der Waals surface area contributed by atoms with Crippen LogP contribution in [0.3, 0.4) is 0 Å². The fourth-order valence-electron chi connectivity index (χ4n) is 1.43. The molecule has 7 heteroatoms. The van der Waals surface area contributed by atoms with Gasteiger partial charge < -0.3 is 10.1 Å². The third-order valence-corrected chi connectivity index (χ3v) is 3.21. The molecule has 0 heterocycles. The van der Waals surface area contributed by atoms with E-state index in [1.165, 1.54) is 6.08 Å². The molecule has 6 nitrogen and oxygen atoms in total. The molecule has 1 aromatic carbocycles. The Balaban J connectivity index is 2.37. The number of rotatable bonds is 6. The van der Waals surface area contributed by atoms with Crippen LogP contribution in [0.1, 0.15) is 12.5 Å². The quantitative estimate of drug-likeness (QED) is 0.474. The topological polar surface area (TPSA) is 84.5 Å². The molecule has 1 aromatic rings. The van der Waals surface area contributed by atoms with Crippen molar-refractivity contribution in [2.75, 3.05) is 19.4 Å². The molecule has 0 fully saturated rings. The van der Waals surface area contributed by atoms with Crippen LogP contribution in [0.25, 0.3) is 6.08 Å². The molecular weight excluding hydrogens is 304 g/mol. The lowest BCUT2D eigenvalue weighted by atomic mass is 10.2. The summed E-state index contributed by atoms with van der Waals surface area (Å²) in [6, 6.07) is 7.01. The number of benzene rings is 1. The summed E-state index contributed by atoms with van der Waals surface area (Å²) in [5.41, 5.74) is 0.849. The molecule has 0 spiro atoms. The maximum absolute atomic E-state index is 11.5. The van der Waals surface area contributed by atoms with Crippen LogP contribution in [-0.4, -0.2) is 37.3 Å². The van der Waals surface area contributed by atoms with E-state index in [4.69, 9.17) is 4.74 Å². The van der Waals surface area contributed by atoms with Crippen LogP contribution >= 0.6 is 11.8 Å². The minimum atomic E-state index is -0.683. The van der Waals surface area contributed by atoms with Crippen LogP contribution in [0.15, 0.2) is 35.2 Å². The Morgan fingerprint density at radius 3 is 2.50 bits per heavy atom. The molecule has 0 saturated heterocycles. The molecule has 3 amide bonds. The highest BCUT2D eigenvalue weighted by molar-refractivity contribution is 7.98. The van der Waals surface area contributed by atoms with E-state index in [9.17, 15) is 14.4 Å². The van der Waals surface area contributed by atoms with Crippen molar-refractivity contribution < 1.29 is 19.1 Å². The maximum Gasteiger partial charge on any atom is 0.331 e. The van der Waals surface area contributed by atoms with Gasteiger partial charge in [-0.05, 0) is 37.0 Å². The second-order valence-corrected chi connectivity index (χ2v) is 5.00. The van der Waals surface area contributed by atoms with Crippen LogP contribution in [0, 0.1) is 0 Å². The first kappa shape index (κ1) is 17.8. The summed E-state index contributed by atoms with van der Waals surface area (Å²) in [6.07, 6.45) is 4.80. The lowest BCUT2D eigenvalue weighted by Gasteiger charge is -2.04. The molecule has 0 radical (unpaired) electrons. The van der Waals surface area contributed by atoms with Crippen LogP contribution in [0.5, 0.6) is 0 Å². The summed E-state index contributed by atoms with van der Waals surface area (Å²) in [5.74, 6) is -1.34. The van der Waals surface area contributed by atoms with Gasteiger partial charge in [0.25, 0.3) is 5.91 Å². The van der Waals surface area contributed by atoms with Gasteiger partial charge in [-0.25, -0.2) is 9.59 Å². The average Bonchev–Trinajstić information content (AvgIpc) is 2.51. The van der Waals surface area contributed by atoms with Gasteiger partial charge in [-0.1, -0.05) is 12.1 Å². The van der Waals surface area contributed by atoms with Gasteiger partial charge in [-0.2, -0.15) is 0 Å². The van der Waals surface area contributed by atoms with Crippen molar-refractivity contribution >= 4 is 35.7 Å². The number of nitrogens with one attached hydrogen (secondary N) is 2. The summed E-state index contributed by atoms with van der Waals surface area (Å²) in [6.45, 7) is 1.61. The molecule has 22 heavy (non-hydrogen) atoms. The SMILES string of the molecule is CCNC(=O)NC(=O)COC(=O)/C=C\c1ccc(SC)cc1. The molecule has 1 rings (SSSR count). The largest absolute Gasteiger partial charge is 0.452 e. The zero-order valence-corrected chi connectivity index (χ0v) is 13.2. The Morgan fingerprint density at radius 1 is 1.23 bits per heavy atom. The number of urea groups is 1. The van der Waals surface area contributed by atoms with Gasteiger partial charge in [0.1, 0.15) is 0 Å². The summed E-state index contributed by atoms with van der Waals surface area (Å²) in [7, 11) is 0. The van der Waals surface area contributed by atoms with E-state index in [1.54, 1.807) is 24.8 Å². The van der Waals surface area contributed by atoms with Crippen LogP contribution in [0.4, 0.5) is 4.79 Å². The first-order valence-corrected chi connectivity index (χ1v) is 7.84. The van der Waals surface area contributed by atoms with Crippen molar-refractivity contribution in [3.05, 3.63) is 35.9 Å². The van der Waals surface area contributed by atoms with Gasteiger partial charge in [0.2, 0.25) is 0 Å². The first-order chi connectivity index (χ1) is 10.5. The summed E-state index contributed by atoms with van der Waals surface area (Å²) in [5, 5.41) is 4.42. The van der Waals surface area contributed by atoms with E-state index in [-0.39, 0.29) is 0 Å². The minimum absolute atomic E-state index is 0.400. The molecule has 2 N–H and O–H groups in total. The molecule has 0 bridgehead atoms. The Hall–Kier alpha value is -2.28. The molecule has 0 aliphatic heterocycles. The van der Waals surface area contributed by atoms with E-state index in [1.807, 2.05) is 35.8 Å². The van der Waals surface area contributed by atoms with E-state index >= 15 is 0 Å². The van der Waals surface area contributed by atoms with Crippen LogP contribution < -0.4 is 10.6 Å². The number of carbonyl (C=O) groups excluding carboxylic acids is 3. The van der Waals surface area contributed by atoms with E-state index in [0.29, 0.717) is 6.54 Å². The van der Waals surface area contributed by atoms with Gasteiger partial charge in [-0.15, -0.1) is 11.8 Å². The van der Waals surface area contributed by atoms with Gasteiger partial charge in [0, 0.05) is 17.5 Å². The molecule has 0 aromatic heterocycles. The summed E-state index contributed by atoms with van der Waals surface area (Å²) >= 11 is 1.63. The van der Waals surface area contributed by atoms with Crippen molar-refractivity contribution in [2.45, 2.75) is 11.8 Å². The van der Waals surface area contributed by atoms with E-state index in [2.05, 4.69) is 5.32 Å². The lowest BCUT2D eigenvalue weighted by Crippen LogP contribution is -2.41. The maximum atomic E-state index is 11.5. The van der Waals surface area contributed by atoms with Crippen molar-refractivity contribution in [1.29, 1.82) is 0 Å². The molecule has 118 valence electrons. The van der Waals surface area contributed by atoms with Crippen LogP contribution in [-0.2, 0) is 14.3 Å². The number of amides is 3. The molecule has 0 aliphatic carbocycles. The highest BCUT2D eigenvalue weighted by Crippen LogP contribution is 2.15.